The average Bonchev–Trinajstić information content (AvgIpc) is 2.69. The molecule has 19 heavy (non-hydrogen) atoms. The number of ether oxygens (including phenoxy) is 1. The van der Waals surface area contributed by atoms with Crippen LogP contribution < -0.4 is 5.32 Å². The first kappa shape index (κ1) is 14.3. The number of rotatable bonds is 1. The third kappa shape index (κ3) is 3.26. The number of aryl methyl sites for hydroxylation is 1. The highest BCUT2D eigenvalue weighted by Crippen LogP contribution is 2.35. The summed E-state index contributed by atoms with van der Waals surface area (Å²) in [5.41, 5.74) is 1.61. The number of benzene rings is 1. The van der Waals surface area contributed by atoms with Crippen molar-refractivity contribution in [1.82, 2.24) is 0 Å². The third-order valence-electron chi connectivity index (χ3n) is 2.92. The Morgan fingerprint density at radius 2 is 2.11 bits per heavy atom. The number of fused-ring (bicyclic) bond motifs is 1. The molecule has 0 aromatic heterocycles. The first-order valence-corrected chi connectivity index (χ1v) is 7.07. The minimum absolute atomic E-state index is 0.246. The lowest BCUT2D eigenvalue weighted by atomic mass is 10.1. The van der Waals surface area contributed by atoms with Gasteiger partial charge in [-0.25, -0.2) is 9.18 Å². The number of anilines is 1. The minimum Gasteiger partial charge on any atom is -0.444 e. The van der Waals surface area contributed by atoms with Crippen molar-refractivity contribution in [2.24, 2.45) is 0 Å². The second-order valence-corrected chi connectivity index (χ2v) is 6.52. The molecule has 0 atom stereocenters. The van der Waals surface area contributed by atoms with E-state index in [1.165, 1.54) is 0 Å². The summed E-state index contributed by atoms with van der Waals surface area (Å²) in [5.74, 6) is -0.438. The predicted molar refractivity (Wildman–Crippen MR) is 76.0 cm³/mol. The Balaban J connectivity index is 2.28. The molecule has 0 fully saturated rings. The molecule has 1 aromatic carbocycles. The number of nitrogens with one attached hydrogen (secondary N) is 1. The van der Waals surface area contributed by atoms with E-state index in [2.05, 4.69) is 21.2 Å². The number of hydrogen-bond donors (Lipinski definition) is 1. The molecule has 1 aromatic rings. The van der Waals surface area contributed by atoms with Crippen molar-refractivity contribution in [1.29, 1.82) is 0 Å². The van der Waals surface area contributed by atoms with Crippen LogP contribution in [0.5, 0.6) is 0 Å². The van der Waals surface area contributed by atoms with Crippen LogP contribution in [0.25, 0.3) is 0 Å². The molecular weight excluding hydrogens is 313 g/mol. The second kappa shape index (κ2) is 5.12. The van der Waals surface area contributed by atoms with E-state index < -0.39 is 17.5 Å². The van der Waals surface area contributed by atoms with Crippen molar-refractivity contribution in [3.05, 3.63) is 27.5 Å². The topological polar surface area (TPSA) is 38.3 Å². The number of hydrogen-bond acceptors (Lipinski definition) is 2. The summed E-state index contributed by atoms with van der Waals surface area (Å²) in [4.78, 5) is 11.8. The second-order valence-electron chi connectivity index (χ2n) is 5.67. The molecule has 1 aliphatic rings. The Labute approximate surface area is 120 Å². The van der Waals surface area contributed by atoms with Gasteiger partial charge in [-0.2, -0.15) is 0 Å². The molecular formula is C14H17BrFNO2. The monoisotopic (exact) mass is 329 g/mol. The van der Waals surface area contributed by atoms with Crippen LogP contribution in [0.4, 0.5) is 14.9 Å². The molecule has 0 saturated heterocycles. The normalized spacial score (nSPS) is 14.2. The van der Waals surface area contributed by atoms with Gasteiger partial charge in [-0.3, -0.25) is 5.32 Å². The van der Waals surface area contributed by atoms with Gasteiger partial charge in [0.05, 0.1) is 10.2 Å². The van der Waals surface area contributed by atoms with Gasteiger partial charge in [0.25, 0.3) is 0 Å². The Morgan fingerprint density at radius 1 is 1.42 bits per heavy atom. The fraction of sp³-hybridized carbons (Fsp3) is 0.500. The van der Waals surface area contributed by atoms with Crippen LogP contribution in [0.2, 0.25) is 0 Å². The largest absolute Gasteiger partial charge is 0.444 e. The van der Waals surface area contributed by atoms with E-state index >= 15 is 0 Å². The number of carbonyl (C=O) groups is 1. The molecule has 3 nitrogen and oxygen atoms in total. The molecule has 0 heterocycles. The third-order valence-corrected chi connectivity index (χ3v) is 3.50. The van der Waals surface area contributed by atoms with Gasteiger partial charge in [-0.05, 0) is 73.2 Å². The van der Waals surface area contributed by atoms with E-state index in [0.29, 0.717) is 4.47 Å². The SMILES string of the molecule is CC(C)(C)OC(=O)Nc1c(F)c(Br)cc2c1CCC2. The summed E-state index contributed by atoms with van der Waals surface area (Å²) in [5, 5.41) is 2.54. The van der Waals surface area contributed by atoms with Gasteiger partial charge in [-0.1, -0.05) is 0 Å². The first-order chi connectivity index (χ1) is 8.78. The van der Waals surface area contributed by atoms with Crippen LogP contribution in [-0.4, -0.2) is 11.7 Å². The van der Waals surface area contributed by atoms with Crippen LogP contribution in [0.3, 0.4) is 0 Å². The van der Waals surface area contributed by atoms with Crippen LogP contribution in [0, 0.1) is 5.82 Å². The molecule has 5 heteroatoms. The fourth-order valence-electron chi connectivity index (χ4n) is 2.22. The lowest BCUT2D eigenvalue weighted by Gasteiger charge is -2.21. The van der Waals surface area contributed by atoms with Gasteiger partial charge in [0.1, 0.15) is 5.60 Å². The lowest BCUT2D eigenvalue weighted by molar-refractivity contribution is 0.0635. The summed E-state index contributed by atoms with van der Waals surface area (Å²) < 4.78 is 19.7. The van der Waals surface area contributed by atoms with Gasteiger partial charge in [-0.15, -0.1) is 0 Å². The maximum absolute atomic E-state index is 14.1. The van der Waals surface area contributed by atoms with Crippen LogP contribution in [-0.2, 0) is 17.6 Å². The maximum Gasteiger partial charge on any atom is 0.412 e. The molecule has 0 bridgehead atoms. The van der Waals surface area contributed by atoms with Crippen LogP contribution in [0.1, 0.15) is 38.3 Å². The van der Waals surface area contributed by atoms with E-state index in [-0.39, 0.29) is 5.69 Å². The van der Waals surface area contributed by atoms with Crippen LogP contribution in [0.15, 0.2) is 10.5 Å². The molecule has 1 amide bonds. The van der Waals surface area contributed by atoms with Gasteiger partial charge >= 0.3 is 6.09 Å². The Hall–Kier alpha value is -1.10. The Bertz CT molecular complexity index is 523. The zero-order valence-electron chi connectivity index (χ0n) is 11.3. The zero-order chi connectivity index (χ0) is 14.2. The Morgan fingerprint density at radius 3 is 2.74 bits per heavy atom. The standard InChI is InChI=1S/C14H17BrFNO2/c1-14(2,3)19-13(18)17-12-9-6-4-5-8(9)7-10(15)11(12)16/h7H,4-6H2,1-3H3,(H,17,18). The summed E-state index contributed by atoms with van der Waals surface area (Å²) >= 11 is 3.18. The molecule has 0 radical (unpaired) electrons. The van der Waals surface area contributed by atoms with Crippen molar-refractivity contribution in [2.45, 2.75) is 45.6 Å². The fourth-order valence-corrected chi connectivity index (χ4v) is 2.69. The van der Waals surface area contributed by atoms with Crippen molar-refractivity contribution < 1.29 is 13.9 Å². The highest BCUT2D eigenvalue weighted by atomic mass is 79.9. The number of carbonyl (C=O) groups excluding carboxylic acids is 1. The summed E-state index contributed by atoms with van der Waals surface area (Å²) in [6.45, 7) is 5.32. The average molecular weight is 330 g/mol. The predicted octanol–water partition coefficient (Wildman–Crippen LogP) is 4.42. The minimum atomic E-state index is -0.626. The smallest absolute Gasteiger partial charge is 0.412 e. The van der Waals surface area contributed by atoms with Crippen molar-refractivity contribution >= 4 is 27.7 Å². The van der Waals surface area contributed by atoms with Gasteiger partial charge in [0, 0.05) is 0 Å². The molecule has 2 rings (SSSR count). The number of halogens is 2. The van der Waals surface area contributed by atoms with E-state index in [1.807, 2.05) is 0 Å². The Kier molecular flexibility index (Phi) is 3.85. The summed E-state index contributed by atoms with van der Waals surface area (Å²) in [6.07, 6.45) is 2.05. The van der Waals surface area contributed by atoms with E-state index in [0.717, 1.165) is 30.4 Å². The molecule has 0 unspecified atom stereocenters. The maximum atomic E-state index is 14.1. The highest BCUT2D eigenvalue weighted by molar-refractivity contribution is 9.10. The summed E-state index contributed by atoms with van der Waals surface area (Å²) in [6, 6.07) is 1.79. The van der Waals surface area contributed by atoms with E-state index in [4.69, 9.17) is 4.74 Å². The summed E-state index contributed by atoms with van der Waals surface area (Å²) in [7, 11) is 0. The molecule has 1 N–H and O–H groups in total. The molecule has 0 aliphatic heterocycles. The number of amides is 1. The van der Waals surface area contributed by atoms with Gasteiger partial charge < -0.3 is 4.74 Å². The van der Waals surface area contributed by atoms with Gasteiger partial charge in [0.15, 0.2) is 5.82 Å². The molecule has 104 valence electrons. The van der Waals surface area contributed by atoms with E-state index in [9.17, 15) is 9.18 Å². The van der Waals surface area contributed by atoms with E-state index in [1.54, 1.807) is 26.8 Å². The van der Waals surface area contributed by atoms with Crippen molar-refractivity contribution in [2.75, 3.05) is 5.32 Å². The zero-order valence-corrected chi connectivity index (χ0v) is 12.9. The van der Waals surface area contributed by atoms with Crippen LogP contribution >= 0.6 is 15.9 Å². The highest BCUT2D eigenvalue weighted by Gasteiger charge is 2.24. The molecule has 0 spiro atoms. The quantitative estimate of drug-likeness (QED) is 0.827. The van der Waals surface area contributed by atoms with Gasteiger partial charge in [0.2, 0.25) is 0 Å². The molecule has 0 saturated carbocycles. The molecule has 1 aliphatic carbocycles. The van der Waals surface area contributed by atoms with Crippen molar-refractivity contribution in [3.63, 3.8) is 0 Å². The van der Waals surface area contributed by atoms with Crippen molar-refractivity contribution in [3.8, 4) is 0 Å². The first-order valence-electron chi connectivity index (χ1n) is 6.27. The lowest BCUT2D eigenvalue weighted by Crippen LogP contribution is -2.28.